The molecule has 3 heterocycles. The highest BCUT2D eigenvalue weighted by molar-refractivity contribution is 7.93. The minimum Gasteiger partial charge on any atom is -0.493 e. The van der Waals surface area contributed by atoms with E-state index in [0.717, 1.165) is 55.4 Å². The molecule has 0 atom stereocenters. The number of fused-ring (bicyclic) bond motifs is 2. The second kappa shape index (κ2) is 8.00. The quantitative estimate of drug-likeness (QED) is 0.561. The van der Waals surface area contributed by atoms with Crippen LogP contribution in [0.1, 0.15) is 26.3 Å². The number of rotatable bonds is 4. The Morgan fingerprint density at radius 1 is 1.13 bits per heavy atom. The van der Waals surface area contributed by atoms with E-state index in [4.69, 9.17) is 16.3 Å². The molecule has 1 saturated heterocycles. The number of hydrogen-bond acceptors (Lipinski definition) is 6. The van der Waals surface area contributed by atoms with Crippen LogP contribution in [0.3, 0.4) is 0 Å². The number of halogens is 1. The number of anilines is 2. The molecule has 1 aromatic heterocycles. The number of ether oxygens (including phenoxy) is 1. The largest absolute Gasteiger partial charge is 0.493 e. The second-order valence-electron chi connectivity index (χ2n) is 7.94. The van der Waals surface area contributed by atoms with Crippen molar-refractivity contribution in [1.29, 1.82) is 0 Å². The number of aromatic nitrogens is 1. The monoisotopic (exact) mass is 477 g/mol. The zero-order chi connectivity index (χ0) is 21.5. The first-order valence-corrected chi connectivity index (χ1v) is 12.9. The summed E-state index contributed by atoms with van der Waals surface area (Å²) >= 11 is 7.53. The van der Waals surface area contributed by atoms with Gasteiger partial charge in [0.2, 0.25) is 0 Å². The molecule has 0 saturated carbocycles. The first-order chi connectivity index (χ1) is 15.0. The van der Waals surface area contributed by atoms with E-state index in [1.807, 2.05) is 24.3 Å². The van der Waals surface area contributed by atoms with Gasteiger partial charge in [-0.15, -0.1) is 11.3 Å². The molecule has 164 valence electrons. The van der Waals surface area contributed by atoms with Crippen molar-refractivity contribution >= 4 is 43.8 Å². The van der Waals surface area contributed by atoms with E-state index in [9.17, 15) is 8.42 Å². The van der Waals surface area contributed by atoms with Crippen LogP contribution in [0.15, 0.2) is 58.9 Å². The topological polar surface area (TPSA) is 71.5 Å². The van der Waals surface area contributed by atoms with E-state index in [0.29, 0.717) is 5.13 Å². The molecule has 3 aromatic rings. The highest BCUT2D eigenvalue weighted by Crippen LogP contribution is 2.47. The lowest BCUT2D eigenvalue weighted by Crippen LogP contribution is -2.45. The van der Waals surface area contributed by atoms with E-state index < -0.39 is 10.0 Å². The summed E-state index contributed by atoms with van der Waals surface area (Å²) in [5.41, 5.74) is 2.35. The standard InChI is InChI=1S/C22H22ClN3O3S2.H2/c23-16-1-6-20-19(15-16)22(9-13-29-20)7-11-26(12-8-22)17-2-4-18(5-3-17)31(27,28)25-21-24-10-14-30-21;/h1-6,10,14-15H,7-9,11-13H2,(H,24,25);1H. The van der Waals surface area contributed by atoms with Crippen LogP contribution in [0.2, 0.25) is 5.02 Å². The van der Waals surface area contributed by atoms with Crippen molar-refractivity contribution in [1.82, 2.24) is 4.98 Å². The van der Waals surface area contributed by atoms with Crippen molar-refractivity contribution in [3.05, 3.63) is 64.6 Å². The lowest BCUT2D eigenvalue weighted by atomic mass is 9.69. The highest BCUT2D eigenvalue weighted by Gasteiger charge is 2.40. The van der Waals surface area contributed by atoms with Gasteiger partial charge in [-0.1, -0.05) is 11.6 Å². The molecular weight excluding hydrogens is 454 g/mol. The molecular formula is C22H24ClN3O3S2. The summed E-state index contributed by atoms with van der Waals surface area (Å²) in [5.74, 6) is 0.950. The number of nitrogens with one attached hydrogen (secondary N) is 1. The Morgan fingerprint density at radius 3 is 2.61 bits per heavy atom. The zero-order valence-electron chi connectivity index (χ0n) is 16.8. The molecule has 1 spiro atoms. The summed E-state index contributed by atoms with van der Waals surface area (Å²) in [5, 5.41) is 2.84. The van der Waals surface area contributed by atoms with Crippen LogP contribution < -0.4 is 14.4 Å². The molecule has 0 aliphatic carbocycles. The summed E-state index contributed by atoms with van der Waals surface area (Å²) in [6.45, 7) is 2.53. The van der Waals surface area contributed by atoms with Crippen LogP contribution in [0.25, 0.3) is 0 Å². The van der Waals surface area contributed by atoms with Crippen molar-refractivity contribution in [3.8, 4) is 5.75 Å². The first-order valence-electron chi connectivity index (χ1n) is 10.2. The van der Waals surface area contributed by atoms with Gasteiger partial charge < -0.3 is 9.64 Å². The van der Waals surface area contributed by atoms with Gasteiger partial charge >= 0.3 is 0 Å². The van der Waals surface area contributed by atoms with Crippen LogP contribution >= 0.6 is 22.9 Å². The average Bonchev–Trinajstić information content (AvgIpc) is 3.27. The van der Waals surface area contributed by atoms with Crippen molar-refractivity contribution in [2.75, 3.05) is 29.3 Å². The van der Waals surface area contributed by atoms with E-state index >= 15 is 0 Å². The number of thiazole rings is 1. The van der Waals surface area contributed by atoms with Gasteiger partial charge in [-0.2, -0.15) is 0 Å². The Balaban J connectivity index is 0.00000245. The maximum atomic E-state index is 12.6. The predicted octanol–water partition coefficient (Wildman–Crippen LogP) is 5.16. The fourth-order valence-corrected chi connectivity index (χ4v) is 6.49. The maximum absolute atomic E-state index is 12.6. The molecule has 2 aromatic carbocycles. The molecule has 2 aliphatic rings. The van der Waals surface area contributed by atoms with E-state index in [1.54, 1.807) is 23.7 Å². The summed E-state index contributed by atoms with van der Waals surface area (Å²) in [7, 11) is -3.64. The number of piperidine rings is 1. The Bertz CT molecular complexity index is 1180. The van der Waals surface area contributed by atoms with Crippen LogP contribution in [-0.4, -0.2) is 33.1 Å². The number of benzene rings is 2. The molecule has 0 bridgehead atoms. The van der Waals surface area contributed by atoms with Gasteiger partial charge in [-0.05, 0) is 61.7 Å². The van der Waals surface area contributed by atoms with Crippen LogP contribution in [0.5, 0.6) is 5.75 Å². The van der Waals surface area contributed by atoms with Gasteiger partial charge in [0.25, 0.3) is 10.0 Å². The number of hydrogen-bond donors (Lipinski definition) is 1. The molecule has 5 rings (SSSR count). The molecule has 6 nitrogen and oxygen atoms in total. The summed E-state index contributed by atoms with van der Waals surface area (Å²) in [6.07, 6.45) is 4.58. The molecule has 31 heavy (non-hydrogen) atoms. The minimum absolute atomic E-state index is 0. The molecule has 0 radical (unpaired) electrons. The molecule has 0 unspecified atom stereocenters. The maximum Gasteiger partial charge on any atom is 0.263 e. The van der Waals surface area contributed by atoms with Crippen molar-refractivity contribution in [2.24, 2.45) is 0 Å². The Hall–Kier alpha value is -2.29. The van der Waals surface area contributed by atoms with E-state index in [-0.39, 0.29) is 11.7 Å². The third-order valence-electron chi connectivity index (χ3n) is 6.24. The molecule has 1 fully saturated rings. The average molecular weight is 478 g/mol. The van der Waals surface area contributed by atoms with E-state index in [2.05, 4.69) is 20.7 Å². The van der Waals surface area contributed by atoms with Gasteiger partial charge in [0.05, 0.1) is 11.5 Å². The third kappa shape index (κ3) is 4.00. The van der Waals surface area contributed by atoms with Gasteiger partial charge in [-0.3, -0.25) is 4.72 Å². The molecule has 2 aliphatic heterocycles. The van der Waals surface area contributed by atoms with E-state index in [1.165, 1.54) is 16.9 Å². The van der Waals surface area contributed by atoms with Gasteiger partial charge in [0.1, 0.15) is 5.75 Å². The normalized spacial score (nSPS) is 17.8. The van der Waals surface area contributed by atoms with Crippen LogP contribution in [0, 0.1) is 0 Å². The minimum atomic E-state index is -3.64. The lowest BCUT2D eigenvalue weighted by molar-refractivity contribution is 0.187. The number of sulfonamides is 1. The summed E-state index contributed by atoms with van der Waals surface area (Å²) in [6, 6.07) is 13.0. The lowest BCUT2D eigenvalue weighted by Gasteiger charge is -2.45. The zero-order valence-corrected chi connectivity index (χ0v) is 19.1. The third-order valence-corrected chi connectivity index (χ3v) is 8.65. The van der Waals surface area contributed by atoms with Crippen LogP contribution in [-0.2, 0) is 15.4 Å². The van der Waals surface area contributed by atoms with Crippen molar-refractivity contribution < 1.29 is 14.6 Å². The summed E-state index contributed by atoms with van der Waals surface area (Å²) < 4.78 is 33.5. The van der Waals surface area contributed by atoms with Gasteiger partial charge in [0, 0.05) is 47.8 Å². The first kappa shape index (κ1) is 20.6. The fourth-order valence-electron chi connectivity index (χ4n) is 4.53. The Morgan fingerprint density at radius 2 is 1.90 bits per heavy atom. The van der Waals surface area contributed by atoms with Crippen molar-refractivity contribution in [2.45, 2.75) is 29.6 Å². The Labute approximate surface area is 192 Å². The number of nitrogens with zero attached hydrogens (tertiary/aromatic N) is 2. The Kier molecular flexibility index (Phi) is 5.32. The predicted molar refractivity (Wildman–Crippen MR) is 126 cm³/mol. The fraction of sp³-hybridized carbons (Fsp3) is 0.318. The highest BCUT2D eigenvalue weighted by atomic mass is 35.5. The smallest absolute Gasteiger partial charge is 0.263 e. The second-order valence-corrected chi connectivity index (χ2v) is 11.0. The molecule has 1 N–H and O–H groups in total. The van der Waals surface area contributed by atoms with Crippen LogP contribution in [0.4, 0.5) is 10.8 Å². The molecule has 0 amide bonds. The summed E-state index contributed by atoms with van der Waals surface area (Å²) in [4.78, 5) is 6.53. The molecule has 9 heteroatoms. The van der Waals surface area contributed by atoms with Gasteiger partial charge in [0.15, 0.2) is 5.13 Å². The SMILES string of the molecule is O=S(=O)(Nc1nccs1)c1ccc(N2CCC3(CCOc4ccc(Cl)cc43)CC2)cc1.[HH]. The van der Waals surface area contributed by atoms with Crippen molar-refractivity contribution in [3.63, 3.8) is 0 Å². The van der Waals surface area contributed by atoms with Gasteiger partial charge in [-0.25, -0.2) is 13.4 Å².